The van der Waals surface area contributed by atoms with Crippen LogP contribution in [0.15, 0.2) is 29.2 Å². The smallest absolute Gasteiger partial charge is 0.241 e. The number of nitrogens with one attached hydrogen (secondary N) is 2. The standard InChI is InChI=1S/C15H26N2O2S/c1-5-8-14(16-4)11-13-9-6-7-10-15(13)20(18,19)17-12(2)3/h6-7,9-10,12,14,16-17H,5,8,11H2,1-4H3. The number of rotatable bonds is 8. The molecule has 1 aromatic carbocycles. The Morgan fingerprint density at radius 1 is 1.20 bits per heavy atom. The van der Waals surface area contributed by atoms with Crippen molar-refractivity contribution in [3.63, 3.8) is 0 Å². The van der Waals surface area contributed by atoms with Gasteiger partial charge in [-0.25, -0.2) is 13.1 Å². The number of benzene rings is 1. The molecule has 0 spiro atoms. The molecule has 0 aliphatic heterocycles. The van der Waals surface area contributed by atoms with Crippen molar-refractivity contribution in [2.24, 2.45) is 0 Å². The molecule has 2 N–H and O–H groups in total. The third-order valence-electron chi connectivity index (χ3n) is 3.16. The lowest BCUT2D eigenvalue weighted by Gasteiger charge is -2.18. The molecule has 4 nitrogen and oxygen atoms in total. The van der Waals surface area contributed by atoms with Crippen LogP contribution in [0.2, 0.25) is 0 Å². The Morgan fingerprint density at radius 3 is 2.40 bits per heavy atom. The topological polar surface area (TPSA) is 58.2 Å². The van der Waals surface area contributed by atoms with Crippen molar-refractivity contribution in [3.8, 4) is 0 Å². The van der Waals surface area contributed by atoms with Gasteiger partial charge in [0.2, 0.25) is 10.0 Å². The van der Waals surface area contributed by atoms with Gasteiger partial charge < -0.3 is 5.32 Å². The van der Waals surface area contributed by atoms with Gasteiger partial charge in [0.25, 0.3) is 0 Å². The lowest BCUT2D eigenvalue weighted by molar-refractivity contribution is 0.509. The van der Waals surface area contributed by atoms with E-state index in [0.29, 0.717) is 10.9 Å². The van der Waals surface area contributed by atoms with Crippen molar-refractivity contribution in [3.05, 3.63) is 29.8 Å². The van der Waals surface area contributed by atoms with Crippen LogP contribution in [0.5, 0.6) is 0 Å². The molecule has 1 atom stereocenters. The number of hydrogen-bond acceptors (Lipinski definition) is 3. The molecular formula is C15H26N2O2S. The van der Waals surface area contributed by atoms with Crippen molar-refractivity contribution in [1.29, 1.82) is 0 Å². The van der Waals surface area contributed by atoms with E-state index in [9.17, 15) is 8.42 Å². The Labute approximate surface area is 123 Å². The molecule has 5 heteroatoms. The van der Waals surface area contributed by atoms with Gasteiger partial charge in [-0.3, -0.25) is 0 Å². The second-order valence-electron chi connectivity index (χ2n) is 5.36. The summed E-state index contributed by atoms with van der Waals surface area (Å²) in [6.07, 6.45) is 2.83. The van der Waals surface area contributed by atoms with Gasteiger partial charge in [0.15, 0.2) is 0 Å². The van der Waals surface area contributed by atoms with Gasteiger partial charge >= 0.3 is 0 Å². The Bertz CT molecular complexity index is 512. The summed E-state index contributed by atoms with van der Waals surface area (Å²) in [5.74, 6) is 0. The van der Waals surface area contributed by atoms with Gasteiger partial charge in [0.1, 0.15) is 0 Å². The number of sulfonamides is 1. The van der Waals surface area contributed by atoms with E-state index in [-0.39, 0.29) is 6.04 Å². The molecule has 20 heavy (non-hydrogen) atoms. The quantitative estimate of drug-likeness (QED) is 0.774. The average molecular weight is 298 g/mol. The van der Waals surface area contributed by atoms with Crippen LogP contribution in [0.25, 0.3) is 0 Å². The molecule has 0 amide bonds. The molecule has 1 unspecified atom stereocenters. The van der Waals surface area contributed by atoms with E-state index in [1.54, 1.807) is 12.1 Å². The van der Waals surface area contributed by atoms with E-state index in [2.05, 4.69) is 17.0 Å². The fourth-order valence-corrected chi connectivity index (χ4v) is 3.77. The van der Waals surface area contributed by atoms with Crippen molar-refractivity contribution in [2.45, 2.75) is 57.0 Å². The summed E-state index contributed by atoms with van der Waals surface area (Å²) in [6.45, 7) is 5.79. The van der Waals surface area contributed by atoms with Crippen molar-refractivity contribution in [1.82, 2.24) is 10.0 Å². The van der Waals surface area contributed by atoms with Gasteiger partial charge in [-0.1, -0.05) is 31.5 Å². The first-order valence-electron chi connectivity index (χ1n) is 7.18. The van der Waals surface area contributed by atoms with Crippen molar-refractivity contribution < 1.29 is 8.42 Å². The Hall–Kier alpha value is -0.910. The molecule has 114 valence electrons. The molecule has 0 aliphatic rings. The summed E-state index contributed by atoms with van der Waals surface area (Å²) in [5.41, 5.74) is 0.869. The lowest BCUT2D eigenvalue weighted by atomic mass is 10.0. The average Bonchev–Trinajstić information content (AvgIpc) is 2.37. The van der Waals surface area contributed by atoms with E-state index >= 15 is 0 Å². The van der Waals surface area contributed by atoms with Gasteiger partial charge in [-0.2, -0.15) is 0 Å². The normalized spacial score (nSPS) is 13.7. The predicted molar refractivity (Wildman–Crippen MR) is 83.4 cm³/mol. The lowest BCUT2D eigenvalue weighted by Crippen LogP contribution is -2.32. The summed E-state index contributed by atoms with van der Waals surface area (Å²) < 4.78 is 27.4. The fraction of sp³-hybridized carbons (Fsp3) is 0.600. The molecule has 0 heterocycles. The van der Waals surface area contributed by atoms with E-state index in [0.717, 1.165) is 24.8 Å². The highest BCUT2D eigenvalue weighted by atomic mass is 32.2. The Morgan fingerprint density at radius 2 is 1.85 bits per heavy atom. The van der Waals surface area contributed by atoms with Gasteiger partial charge in [-0.15, -0.1) is 0 Å². The number of hydrogen-bond donors (Lipinski definition) is 2. The Kier molecular flexibility index (Phi) is 6.65. The highest BCUT2D eigenvalue weighted by molar-refractivity contribution is 7.89. The summed E-state index contributed by atoms with van der Waals surface area (Å²) in [6, 6.07) is 7.43. The van der Waals surface area contributed by atoms with Gasteiger partial charge in [0, 0.05) is 12.1 Å². The van der Waals surface area contributed by atoms with Crippen molar-refractivity contribution >= 4 is 10.0 Å². The summed E-state index contributed by atoms with van der Waals surface area (Å²) in [5, 5.41) is 3.26. The van der Waals surface area contributed by atoms with Crippen LogP contribution in [0.3, 0.4) is 0 Å². The highest BCUT2D eigenvalue weighted by Gasteiger charge is 2.20. The molecule has 0 saturated heterocycles. The van der Waals surface area contributed by atoms with Gasteiger partial charge in [0.05, 0.1) is 4.90 Å². The maximum Gasteiger partial charge on any atom is 0.241 e. The first-order valence-corrected chi connectivity index (χ1v) is 8.66. The molecule has 0 aromatic heterocycles. The second kappa shape index (κ2) is 7.76. The molecule has 0 saturated carbocycles. The Balaban J connectivity index is 3.04. The largest absolute Gasteiger partial charge is 0.317 e. The molecular weight excluding hydrogens is 272 g/mol. The summed E-state index contributed by atoms with van der Waals surface area (Å²) in [4.78, 5) is 0.394. The van der Waals surface area contributed by atoms with Crippen LogP contribution in [0.1, 0.15) is 39.2 Å². The summed E-state index contributed by atoms with van der Waals surface area (Å²) in [7, 11) is -1.52. The zero-order valence-electron chi connectivity index (χ0n) is 12.8. The van der Waals surface area contributed by atoms with E-state index in [4.69, 9.17) is 0 Å². The molecule has 0 aliphatic carbocycles. The van der Waals surface area contributed by atoms with E-state index in [1.165, 1.54) is 0 Å². The molecule has 0 radical (unpaired) electrons. The monoisotopic (exact) mass is 298 g/mol. The SMILES string of the molecule is CCCC(Cc1ccccc1S(=O)(=O)NC(C)C)NC. The third-order valence-corrected chi connectivity index (χ3v) is 4.92. The molecule has 0 bridgehead atoms. The summed E-state index contributed by atoms with van der Waals surface area (Å²) >= 11 is 0. The molecule has 1 aromatic rings. The van der Waals surface area contributed by atoms with Crippen LogP contribution < -0.4 is 10.0 Å². The fourth-order valence-electron chi connectivity index (χ4n) is 2.27. The minimum atomic E-state index is -3.44. The number of likely N-dealkylation sites (N-methyl/N-ethyl adjacent to an activating group) is 1. The second-order valence-corrected chi connectivity index (χ2v) is 7.04. The molecule has 0 fully saturated rings. The highest BCUT2D eigenvalue weighted by Crippen LogP contribution is 2.18. The van der Waals surface area contributed by atoms with Crippen LogP contribution >= 0.6 is 0 Å². The maximum atomic E-state index is 12.4. The minimum absolute atomic E-state index is 0.108. The van der Waals surface area contributed by atoms with Gasteiger partial charge in [-0.05, 0) is 45.4 Å². The van der Waals surface area contributed by atoms with Crippen LogP contribution in [-0.2, 0) is 16.4 Å². The first kappa shape index (κ1) is 17.1. The van der Waals surface area contributed by atoms with E-state index in [1.807, 2.05) is 33.0 Å². The van der Waals surface area contributed by atoms with Crippen LogP contribution in [0.4, 0.5) is 0 Å². The predicted octanol–water partition coefficient (Wildman–Crippen LogP) is 2.30. The third kappa shape index (κ3) is 4.89. The minimum Gasteiger partial charge on any atom is -0.317 e. The van der Waals surface area contributed by atoms with Crippen molar-refractivity contribution in [2.75, 3.05) is 7.05 Å². The zero-order chi connectivity index (χ0) is 15.2. The van der Waals surface area contributed by atoms with E-state index < -0.39 is 10.0 Å². The maximum absolute atomic E-state index is 12.4. The van der Waals surface area contributed by atoms with Crippen LogP contribution in [0, 0.1) is 0 Å². The molecule has 1 rings (SSSR count). The zero-order valence-corrected chi connectivity index (χ0v) is 13.6. The first-order chi connectivity index (χ1) is 9.40. The van der Waals surface area contributed by atoms with Crippen LogP contribution in [-0.4, -0.2) is 27.5 Å².